The monoisotopic (exact) mass is 450 g/mol. The molecule has 1 fully saturated rings. The molecule has 3 aromatic rings. The average molecular weight is 451 g/mol. The van der Waals surface area contributed by atoms with Crippen LogP contribution in [0.1, 0.15) is 12.8 Å². The quantitative estimate of drug-likeness (QED) is 0.567. The Morgan fingerprint density at radius 2 is 2.10 bits per heavy atom. The summed E-state index contributed by atoms with van der Waals surface area (Å²) >= 11 is 6.09. The van der Waals surface area contributed by atoms with E-state index >= 15 is 0 Å². The predicted molar refractivity (Wildman–Crippen MR) is 112 cm³/mol. The molecule has 1 atom stereocenters. The van der Waals surface area contributed by atoms with Crippen molar-refractivity contribution < 1.29 is 17.9 Å². The normalized spacial score (nSPS) is 19.8. The van der Waals surface area contributed by atoms with Gasteiger partial charge in [0, 0.05) is 24.2 Å². The molecule has 2 N–H and O–H groups in total. The molecule has 1 aromatic carbocycles. The van der Waals surface area contributed by atoms with Gasteiger partial charge in [-0.25, -0.2) is 13.8 Å². The summed E-state index contributed by atoms with van der Waals surface area (Å²) in [6.45, 7) is -0.862. The van der Waals surface area contributed by atoms with Crippen molar-refractivity contribution in [2.45, 2.75) is 24.8 Å². The van der Waals surface area contributed by atoms with Crippen molar-refractivity contribution in [2.75, 3.05) is 17.2 Å². The van der Waals surface area contributed by atoms with Crippen molar-refractivity contribution in [3.8, 4) is 5.75 Å². The van der Waals surface area contributed by atoms with Gasteiger partial charge in [0.15, 0.2) is 6.61 Å². The third-order valence-electron chi connectivity index (χ3n) is 5.71. The van der Waals surface area contributed by atoms with Gasteiger partial charge in [-0.15, -0.1) is 0 Å². The van der Waals surface area contributed by atoms with Crippen LogP contribution in [0.15, 0.2) is 35.3 Å². The van der Waals surface area contributed by atoms with Gasteiger partial charge in [0.1, 0.15) is 0 Å². The first kappa shape index (κ1) is 20.0. The number of halogens is 4. The predicted octanol–water partition coefficient (Wildman–Crippen LogP) is 4.69. The number of nitrogens with one attached hydrogen (secondary N) is 2. The Kier molecular flexibility index (Phi) is 4.55. The topological polar surface area (TPSA) is 68.2 Å². The molecule has 0 saturated heterocycles. The summed E-state index contributed by atoms with van der Waals surface area (Å²) in [5.41, 5.74) is 1.11. The molecule has 0 amide bonds. The summed E-state index contributed by atoms with van der Waals surface area (Å²) in [5.74, 6) is -4.13. The summed E-state index contributed by atoms with van der Waals surface area (Å²) in [6.07, 6.45) is 2.59. The zero-order valence-electron chi connectivity index (χ0n) is 16.4. The molecule has 1 aliphatic carbocycles. The standard InChI is InChI=1S/C21H18ClF3N4O2/c1-29-15-5-4-11(27-14-7-16(23)26-8-13(14)22)6-12(15)17-18(20(29)30)31-9-21(24,25)19(28-17)10-2-3-10/h4-8,10,19,28H,2-3,9H2,1H3,(H,26,27). The number of hydrogen-bond donors (Lipinski definition) is 2. The second-order valence-corrected chi connectivity index (χ2v) is 8.33. The fraction of sp³-hybridized carbons (Fsp3) is 0.333. The van der Waals surface area contributed by atoms with Crippen LogP contribution in [0.2, 0.25) is 5.02 Å². The molecule has 0 bridgehead atoms. The van der Waals surface area contributed by atoms with E-state index in [0.29, 0.717) is 35.1 Å². The molecule has 3 heterocycles. The van der Waals surface area contributed by atoms with Crippen LogP contribution in [0.5, 0.6) is 5.75 Å². The van der Waals surface area contributed by atoms with Crippen LogP contribution in [0, 0.1) is 11.9 Å². The van der Waals surface area contributed by atoms with Gasteiger partial charge in [0.25, 0.3) is 5.56 Å². The lowest BCUT2D eigenvalue weighted by Crippen LogP contribution is -2.44. The van der Waals surface area contributed by atoms with Gasteiger partial charge in [0.2, 0.25) is 11.7 Å². The number of ether oxygens (including phenoxy) is 1. The number of nitrogens with zero attached hydrogens (tertiary/aromatic N) is 2. The molecule has 1 saturated carbocycles. The summed E-state index contributed by atoms with van der Waals surface area (Å²) in [5, 5.41) is 6.67. The van der Waals surface area contributed by atoms with Gasteiger partial charge < -0.3 is 19.9 Å². The van der Waals surface area contributed by atoms with Crippen LogP contribution < -0.4 is 20.9 Å². The van der Waals surface area contributed by atoms with E-state index in [1.807, 2.05) is 0 Å². The summed E-state index contributed by atoms with van der Waals surface area (Å²) < 4.78 is 49.6. The van der Waals surface area contributed by atoms with Crippen molar-refractivity contribution >= 4 is 39.6 Å². The molecule has 162 valence electrons. The number of pyridine rings is 2. The average Bonchev–Trinajstić information content (AvgIpc) is 3.56. The lowest BCUT2D eigenvalue weighted by Gasteiger charge is -2.25. The third kappa shape index (κ3) is 3.46. The van der Waals surface area contributed by atoms with Gasteiger partial charge >= 0.3 is 5.92 Å². The number of fused-ring (bicyclic) bond motifs is 3. The van der Waals surface area contributed by atoms with Crippen LogP contribution in [0.4, 0.5) is 30.2 Å². The molecule has 31 heavy (non-hydrogen) atoms. The second-order valence-electron chi connectivity index (χ2n) is 7.92. The number of anilines is 3. The third-order valence-corrected chi connectivity index (χ3v) is 6.01. The van der Waals surface area contributed by atoms with Gasteiger partial charge in [-0.1, -0.05) is 11.6 Å². The first-order chi connectivity index (χ1) is 14.7. The molecule has 2 aliphatic rings. The van der Waals surface area contributed by atoms with E-state index in [2.05, 4.69) is 15.6 Å². The Bertz CT molecular complexity index is 1260. The molecular weight excluding hydrogens is 433 g/mol. The summed E-state index contributed by atoms with van der Waals surface area (Å²) in [6, 6.07) is 5.09. The number of hydrogen-bond acceptors (Lipinski definition) is 5. The van der Waals surface area contributed by atoms with E-state index in [9.17, 15) is 18.0 Å². The molecule has 1 aliphatic heterocycles. The number of aryl methyl sites for hydroxylation is 1. The Hall–Kier alpha value is -2.94. The van der Waals surface area contributed by atoms with Crippen LogP contribution in [-0.4, -0.2) is 28.1 Å². The lowest BCUT2D eigenvalue weighted by molar-refractivity contribution is -0.0579. The minimum absolute atomic E-state index is 0.136. The summed E-state index contributed by atoms with van der Waals surface area (Å²) in [4.78, 5) is 16.3. The molecule has 0 radical (unpaired) electrons. The first-order valence-corrected chi connectivity index (χ1v) is 10.1. The second kappa shape index (κ2) is 7.05. The molecule has 0 spiro atoms. The van der Waals surface area contributed by atoms with Crippen molar-refractivity contribution in [2.24, 2.45) is 13.0 Å². The van der Waals surface area contributed by atoms with Crippen molar-refractivity contribution in [3.63, 3.8) is 0 Å². The van der Waals surface area contributed by atoms with Crippen molar-refractivity contribution in [1.29, 1.82) is 0 Å². The minimum Gasteiger partial charge on any atom is -0.480 e. The molecule has 5 rings (SSSR count). The Morgan fingerprint density at radius 3 is 2.84 bits per heavy atom. The Labute approximate surface area is 180 Å². The lowest BCUT2D eigenvalue weighted by atomic mass is 10.0. The zero-order chi connectivity index (χ0) is 21.9. The summed E-state index contributed by atoms with van der Waals surface area (Å²) in [7, 11) is 1.55. The number of rotatable bonds is 3. The maximum atomic E-state index is 14.7. The van der Waals surface area contributed by atoms with E-state index in [-0.39, 0.29) is 22.4 Å². The van der Waals surface area contributed by atoms with Crippen LogP contribution >= 0.6 is 11.6 Å². The SMILES string of the molecule is Cn1c(=O)c2c(c3cc(Nc4cc(F)ncc4Cl)ccc31)NC(C1CC1)C(F)(F)CO2. The smallest absolute Gasteiger partial charge is 0.301 e. The maximum absolute atomic E-state index is 14.7. The van der Waals surface area contributed by atoms with Gasteiger partial charge in [-0.05, 0) is 37.0 Å². The van der Waals surface area contributed by atoms with Crippen LogP contribution in [-0.2, 0) is 7.05 Å². The Balaban J connectivity index is 1.65. The highest BCUT2D eigenvalue weighted by atomic mass is 35.5. The fourth-order valence-corrected chi connectivity index (χ4v) is 4.10. The number of alkyl halides is 2. The number of aromatic nitrogens is 2. The largest absolute Gasteiger partial charge is 0.480 e. The fourth-order valence-electron chi connectivity index (χ4n) is 3.95. The van der Waals surface area contributed by atoms with Crippen molar-refractivity contribution in [1.82, 2.24) is 9.55 Å². The van der Waals surface area contributed by atoms with E-state index in [1.165, 1.54) is 10.8 Å². The van der Waals surface area contributed by atoms with Crippen LogP contribution in [0.25, 0.3) is 10.9 Å². The highest BCUT2D eigenvalue weighted by Gasteiger charge is 2.51. The van der Waals surface area contributed by atoms with Crippen molar-refractivity contribution in [3.05, 3.63) is 51.8 Å². The molecule has 1 unspecified atom stereocenters. The van der Waals surface area contributed by atoms with E-state index in [0.717, 1.165) is 6.07 Å². The molecule has 10 heteroatoms. The van der Waals surface area contributed by atoms with E-state index < -0.39 is 30.1 Å². The molecule has 6 nitrogen and oxygen atoms in total. The van der Waals surface area contributed by atoms with Gasteiger partial charge in [-0.3, -0.25) is 4.79 Å². The van der Waals surface area contributed by atoms with E-state index in [1.54, 1.807) is 25.2 Å². The highest BCUT2D eigenvalue weighted by Crippen LogP contribution is 2.45. The highest BCUT2D eigenvalue weighted by molar-refractivity contribution is 6.33. The molecular formula is C21H18ClF3N4O2. The zero-order valence-corrected chi connectivity index (χ0v) is 17.1. The van der Waals surface area contributed by atoms with Gasteiger partial charge in [-0.2, -0.15) is 4.39 Å². The van der Waals surface area contributed by atoms with E-state index in [4.69, 9.17) is 16.3 Å². The molecule has 2 aromatic heterocycles. The van der Waals surface area contributed by atoms with Crippen LogP contribution in [0.3, 0.4) is 0 Å². The first-order valence-electron chi connectivity index (χ1n) is 9.76. The Morgan fingerprint density at radius 1 is 1.32 bits per heavy atom. The maximum Gasteiger partial charge on any atom is 0.301 e. The van der Waals surface area contributed by atoms with Gasteiger partial charge in [0.05, 0.1) is 34.2 Å². The number of benzene rings is 1. The minimum atomic E-state index is -3.12.